The average molecular weight is 826 g/mol. The van der Waals surface area contributed by atoms with Gasteiger partial charge in [0.25, 0.3) is 11.8 Å². The number of anilines is 1. The number of methoxy groups -OCH3 is 1. The van der Waals surface area contributed by atoms with Crippen molar-refractivity contribution in [3.05, 3.63) is 134 Å². The van der Waals surface area contributed by atoms with E-state index >= 15 is 4.79 Å². The molecule has 0 radical (unpaired) electrons. The minimum atomic E-state index is -1.47. The zero-order valence-corrected chi connectivity index (χ0v) is 31.6. The predicted molar refractivity (Wildman–Crippen MR) is 201 cm³/mol. The number of amides is 4. The van der Waals surface area contributed by atoms with Crippen LogP contribution in [0.5, 0.6) is 11.5 Å². The molecule has 2 saturated heterocycles. The zero-order valence-electron chi connectivity index (χ0n) is 28.4. The third kappa shape index (κ3) is 5.07. The molecule has 2 aliphatic heterocycles. The highest BCUT2D eigenvalue weighted by Gasteiger charge is 2.70. The van der Waals surface area contributed by atoms with Gasteiger partial charge in [0, 0.05) is 10.4 Å². The minimum absolute atomic E-state index is 0.127. The van der Waals surface area contributed by atoms with Gasteiger partial charge in [0.05, 0.1) is 47.0 Å². The molecule has 264 valence electrons. The van der Waals surface area contributed by atoms with Crippen molar-refractivity contribution in [2.45, 2.75) is 37.6 Å². The van der Waals surface area contributed by atoms with Crippen molar-refractivity contribution in [2.75, 3.05) is 12.5 Å². The van der Waals surface area contributed by atoms with Gasteiger partial charge in [0.1, 0.15) is 0 Å². The minimum Gasteiger partial charge on any atom is -0.503 e. The van der Waals surface area contributed by atoms with E-state index in [1.165, 1.54) is 12.0 Å². The molecule has 9 nitrogen and oxygen atoms in total. The Labute approximate surface area is 317 Å². The molecule has 2 heterocycles. The Hall–Kier alpha value is -4.74. The Morgan fingerprint density at radius 3 is 2.21 bits per heavy atom. The summed E-state index contributed by atoms with van der Waals surface area (Å²) in [7, 11) is 1.45. The van der Waals surface area contributed by atoms with Crippen molar-refractivity contribution in [3.63, 3.8) is 0 Å². The smallest absolute Gasteiger partial charge is 0.260 e. The lowest BCUT2D eigenvalue weighted by molar-refractivity contribution is -0.142. The molecule has 1 saturated carbocycles. The molecule has 2 N–H and O–H groups in total. The van der Waals surface area contributed by atoms with Crippen molar-refractivity contribution in [1.29, 1.82) is 0 Å². The lowest BCUT2D eigenvalue weighted by Gasteiger charge is -2.51. The zero-order chi connectivity index (χ0) is 36.5. The lowest BCUT2D eigenvalue weighted by Crippen LogP contribution is -2.53. The molecular formula is C41H35Br2N3O6. The van der Waals surface area contributed by atoms with Crippen LogP contribution in [0.2, 0.25) is 0 Å². The fourth-order valence-electron chi connectivity index (χ4n) is 9.06. The number of imide groups is 2. The Morgan fingerprint density at radius 2 is 1.54 bits per heavy atom. The summed E-state index contributed by atoms with van der Waals surface area (Å²) in [6.07, 6.45) is 2.50. The number of aryl methyl sites for hydroxylation is 1. The number of phenolic OH excluding ortho intramolecular Hbond substituents is 1. The van der Waals surface area contributed by atoms with Crippen LogP contribution in [0.25, 0.3) is 0 Å². The van der Waals surface area contributed by atoms with Crippen LogP contribution in [0.4, 0.5) is 5.69 Å². The summed E-state index contributed by atoms with van der Waals surface area (Å²) in [6.45, 7) is 2.12. The van der Waals surface area contributed by atoms with Crippen LogP contribution in [-0.2, 0) is 31.1 Å². The molecule has 6 atom stereocenters. The third-order valence-electron chi connectivity index (χ3n) is 11.4. The molecule has 2 aliphatic carbocycles. The molecule has 0 spiro atoms. The first-order chi connectivity index (χ1) is 25.1. The van der Waals surface area contributed by atoms with E-state index in [1.54, 1.807) is 6.07 Å². The number of carbonyl (C=O) groups excluding carboxylic acids is 4. The van der Waals surface area contributed by atoms with Crippen LogP contribution >= 0.6 is 31.9 Å². The van der Waals surface area contributed by atoms with Crippen LogP contribution in [-0.4, -0.2) is 45.8 Å². The molecule has 4 amide bonds. The number of hydrazine groups is 1. The van der Waals surface area contributed by atoms with E-state index in [0.29, 0.717) is 32.2 Å². The molecule has 4 aromatic rings. The topological polar surface area (TPSA) is 116 Å². The van der Waals surface area contributed by atoms with E-state index in [1.807, 2.05) is 97.9 Å². The van der Waals surface area contributed by atoms with Gasteiger partial charge in [0.15, 0.2) is 11.5 Å². The maximum absolute atomic E-state index is 15.4. The van der Waals surface area contributed by atoms with Crippen molar-refractivity contribution in [3.8, 4) is 11.5 Å². The normalized spacial score (nSPS) is 26.5. The van der Waals surface area contributed by atoms with Gasteiger partial charge in [-0.05, 0) is 92.4 Å². The van der Waals surface area contributed by atoms with Crippen molar-refractivity contribution >= 4 is 61.2 Å². The molecule has 3 fully saturated rings. The summed E-state index contributed by atoms with van der Waals surface area (Å²) in [5.41, 5.74) is 6.16. The molecule has 11 heteroatoms. The Balaban J connectivity index is 1.34. The highest BCUT2D eigenvalue weighted by Crippen LogP contribution is 2.65. The lowest BCUT2D eigenvalue weighted by atomic mass is 9.49. The van der Waals surface area contributed by atoms with E-state index in [2.05, 4.69) is 37.3 Å². The highest BCUT2D eigenvalue weighted by molar-refractivity contribution is 9.13. The van der Waals surface area contributed by atoms with Gasteiger partial charge in [-0.1, -0.05) is 90.0 Å². The monoisotopic (exact) mass is 823 g/mol. The number of aromatic hydroxyl groups is 1. The summed E-state index contributed by atoms with van der Waals surface area (Å²) < 4.78 is 6.44. The molecule has 0 unspecified atom stereocenters. The first kappa shape index (κ1) is 34.4. The first-order valence-corrected chi connectivity index (χ1v) is 18.8. The summed E-state index contributed by atoms with van der Waals surface area (Å²) in [6, 6.07) is 27.9. The van der Waals surface area contributed by atoms with Gasteiger partial charge in [-0.25, -0.2) is 0 Å². The standard InChI is InChI=1S/C41H35Br2N3O6/c1-22-13-15-25(16-14-22)44-46-38(49)30-19-28-26(17-18-27-32(28)39(50)45(37(27)48)21-23-9-5-3-6-10-23)33(29-20-31(52-2)36(47)35(43)34(29)42)41(30,40(46)51)24-11-7-4-8-12-24/h3-17,20,27-28,30,32-33,44,47H,18-19,21H2,1-2H3/t27-,28+,30-,32-,33+,41+/m0/s1. The fraction of sp³-hybridized carbons (Fsp3) is 0.268. The van der Waals surface area contributed by atoms with E-state index in [-0.39, 0.29) is 36.3 Å². The maximum atomic E-state index is 15.4. The first-order valence-electron chi connectivity index (χ1n) is 17.2. The number of hydrogen-bond donors (Lipinski definition) is 2. The fourth-order valence-corrected chi connectivity index (χ4v) is 10.0. The Bertz CT molecular complexity index is 2160. The number of carbonyl (C=O) groups is 4. The molecule has 0 aromatic heterocycles. The summed E-state index contributed by atoms with van der Waals surface area (Å²) in [5.74, 6) is -4.84. The quantitative estimate of drug-likeness (QED) is 0.147. The predicted octanol–water partition coefficient (Wildman–Crippen LogP) is 7.42. The van der Waals surface area contributed by atoms with Crippen molar-refractivity contribution in [1.82, 2.24) is 9.91 Å². The Morgan fingerprint density at radius 1 is 0.865 bits per heavy atom. The van der Waals surface area contributed by atoms with Crippen LogP contribution in [0, 0.1) is 30.6 Å². The summed E-state index contributed by atoms with van der Waals surface area (Å²) in [5, 5.41) is 12.1. The van der Waals surface area contributed by atoms with Crippen LogP contribution in [0.3, 0.4) is 0 Å². The maximum Gasteiger partial charge on any atom is 0.260 e. The SMILES string of the molecule is COc1cc([C@H]2C3=CC[C@@H]4C(=O)N(Cc5ccccc5)C(=O)[C@@H]4[C@@H]3C[C@H]3C(=O)N(Nc4ccc(C)cc4)C(=O)[C@@]23c2ccccc2)c(Br)c(Br)c1O. The third-order valence-corrected chi connectivity index (χ3v) is 13.5. The van der Waals surface area contributed by atoms with Gasteiger partial charge >= 0.3 is 0 Å². The number of fused-ring (bicyclic) bond motifs is 4. The molecule has 4 aromatic carbocycles. The average Bonchev–Trinajstić information content (AvgIpc) is 3.53. The number of likely N-dealkylation sites (tertiary alicyclic amines) is 1. The highest BCUT2D eigenvalue weighted by atomic mass is 79.9. The number of ether oxygens (including phenoxy) is 1. The van der Waals surface area contributed by atoms with Gasteiger partial charge in [-0.15, -0.1) is 0 Å². The number of benzene rings is 4. The number of allylic oxidation sites excluding steroid dienone is 2. The number of rotatable bonds is 7. The molecule has 52 heavy (non-hydrogen) atoms. The van der Waals surface area contributed by atoms with E-state index in [4.69, 9.17) is 4.74 Å². The molecular weight excluding hydrogens is 790 g/mol. The van der Waals surface area contributed by atoms with Gasteiger partial charge in [-0.2, -0.15) is 5.01 Å². The number of phenols is 1. The van der Waals surface area contributed by atoms with E-state index in [0.717, 1.165) is 21.7 Å². The van der Waals surface area contributed by atoms with Crippen LogP contribution in [0.1, 0.15) is 41.0 Å². The number of halogens is 2. The molecule has 0 bridgehead atoms. The number of nitrogens with zero attached hydrogens (tertiary/aromatic N) is 2. The summed E-state index contributed by atoms with van der Waals surface area (Å²) >= 11 is 7.27. The van der Waals surface area contributed by atoms with Crippen LogP contribution in [0.15, 0.2) is 112 Å². The second kappa shape index (κ2) is 13.0. The van der Waals surface area contributed by atoms with Crippen molar-refractivity contribution < 1.29 is 29.0 Å². The van der Waals surface area contributed by atoms with Gasteiger partial charge in [0.2, 0.25) is 11.8 Å². The van der Waals surface area contributed by atoms with Gasteiger partial charge in [-0.3, -0.25) is 29.5 Å². The van der Waals surface area contributed by atoms with E-state index in [9.17, 15) is 19.5 Å². The largest absolute Gasteiger partial charge is 0.503 e. The number of nitrogens with one attached hydrogen (secondary N) is 1. The van der Waals surface area contributed by atoms with Crippen LogP contribution < -0.4 is 10.2 Å². The molecule has 4 aliphatic rings. The summed E-state index contributed by atoms with van der Waals surface area (Å²) in [4.78, 5) is 60.1. The van der Waals surface area contributed by atoms with E-state index < -0.39 is 46.8 Å². The second-order valence-corrected chi connectivity index (χ2v) is 15.6. The molecule has 8 rings (SSSR count). The Kier molecular flexibility index (Phi) is 8.61. The van der Waals surface area contributed by atoms with Gasteiger partial charge < -0.3 is 9.84 Å². The number of hydrogen-bond acceptors (Lipinski definition) is 7. The second-order valence-electron chi connectivity index (χ2n) is 14.0. The van der Waals surface area contributed by atoms with Crippen molar-refractivity contribution in [2.24, 2.45) is 23.7 Å².